The van der Waals surface area contributed by atoms with E-state index in [-0.39, 0.29) is 18.1 Å². The number of nitrogens with zero attached hydrogens (tertiary/aromatic N) is 1. The van der Waals surface area contributed by atoms with Crippen LogP contribution in [0.2, 0.25) is 0 Å². The van der Waals surface area contributed by atoms with Crippen molar-refractivity contribution in [3.05, 3.63) is 47.3 Å². The number of carbonyl (C=O) groups is 1. The minimum atomic E-state index is -0.300. The molecule has 1 N–H and O–H groups in total. The summed E-state index contributed by atoms with van der Waals surface area (Å²) >= 11 is 0. The highest BCUT2D eigenvalue weighted by molar-refractivity contribution is 5.98. The van der Waals surface area contributed by atoms with Gasteiger partial charge in [0.1, 0.15) is 5.82 Å². The first kappa shape index (κ1) is 12.5. The molecule has 0 aromatic heterocycles. The van der Waals surface area contributed by atoms with Crippen molar-refractivity contribution in [1.82, 2.24) is 5.43 Å². The van der Waals surface area contributed by atoms with Crippen molar-refractivity contribution in [3.8, 4) is 0 Å². The second-order valence-corrected chi connectivity index (χ2v) is 4.43. The van der Waals surface area contributed by atoms with Crippen molar-refractivity contribution in [1.29, 1.82) is 0 Å². The first-order valence-electron chi connectivity index (χ1n) is 5.90. The molecule has 1 aliphatic rings. The first-order chi connectivity index (χ1) is 8.63. The van der Waals surface area contributed by atoms with Crippen molar-refractivity contribution in [2.45, 2.75) is 26.2 Å². The Kier molecular flexibility index (Phi) is 3.87. The van der Waals surface area contributed by atoms with E-state index in [0.717, 1.165) is 24.1 Å². The van der Waals surface area contributed by atoms with Gasteiger partial charge in [-0.15, -0.1) is 0 Å². The minimum absolute atomic E-state index is 0.188. The molecule has 0 saturated carbocycles. The molecule has 0 atom stereocenters. The van der Waals surface area contributed by atoms with E-state index in [1.54, 1.807) is 12.1 Å². The number of allylic oxidation sites excluding steroid dienone is 2. The maximum atomic E-state index is 12.7. The van der Waals surface area contributed by atoms with Crippen LogP contribution < -0.4 is 5.43 Å². The van der Waals surface area contributed by atoms with Gasteiger partial charge in [-0.25, -0.2) is 9.82 Å². The normalized spacial score (nSPS) is 16.8. The maximum Gasteiger partial charge on any atom is 0.244 e. The van der Waals surface area contributed by atoms with Gasteiger partial charge in [-0.3, -0.25) is 4.79 Å². The van der Waals surface area contributed by atoms with Crippen LogP contribution >= 0.6 is 0 Å². The zero-order valence-corrected chi connectivity index (χ0v) is 10.2. The first-order valence-corrected chi connectivity index (χ1v) is 5.90. The molecule has 0 spiro atoms. The van der Waals surface area contributed by atoms with Gasteiger partial charge in [-0.1, -0.05) is 17.7 Å². The second kappa shape index (κ2) is 5.58. The summed E-state index contributed by atoms with van der Waals surface area (Å²) in [5, 5.41) is 4.05. The van der Waals surface area contributed by atoms with E-state index < -0.39 is 0 Å². The van der Waals surface area contributed by atoms with E-state index in [4.69, 9.17) is 0 Å². The highest BCUT2D eigenvalue weighted by Gasteiger charge is 2.07. The number of hydrogen-bond acceptors (Lipinski definition) is 2. The summed E-state index contributed by atoms with van der Waals surface area (Å²) in [6, 6.07) is 5.89. The SMILES string of the molecule is CC1=C/C(=N\NC(=O)Cc2ccc(F)cc2)CC1. The van der Waals surface area contributed by atoms with Gasteiger partial charge >= 0.3 is 0 Å². The van der Waals surface area contributed by atoms with Gasteiger partial charge in [0.25, 0.3) is 0 Å². The lowest BCUT2D eigenvalue weighted by atomic mass is 10.1. The highest BCUT2D eigenvalue weighted by Crippen LogP contribution is 2.14. The topological polar surface area (TPSA) is 41.5 Å². The molecule has 4 heteroatoms. The number of hydrogen-bond donors (Lipinski definition) is 1. The molecule has 2 rings (SSSR count). The molecule has 0 fully saturated rings. The molecular weight excluding hydrogens is 231 g/mol. The Balaban J connectivity index is 1.88. The van der Waals surface area contributed by atoms with Gasteiger partial charge in [-0.2, -0.15) is 5.10 Å². The van der Waals surface area contributed by atoms with Crippen LogP contribution in [0.1, 0.15) is 25.3 Å². The number of nitrogens with one attached hydrogen (secondary N) is 1. The van der Waals surface area contributed by atoms with Crippen molar-refractivity contribution >= 4 is 11.6 Å². The quantitative estimate of drug-likeness (QED) is 0.818. The molecule has 0 aliphatic heterocycles. The van der Waals surface area contributed by atoms with Crippen LogP contribution in [0.4, 0.5) is 4.39 Å². The largest absolute Gasteiger partial charge is 0.273 e. The van der Waals surface area contributed by atoms with Crippen LogP contribution in [-0.2, 0) is 11.2 Å². The Labute approximate surface area is 105 Å². The van der Waals surface area contributed by atoms with Gasteiger partial charge in [0, 0.05) is 0 Å². The standard InChI is InChI=1S/C14H15FN2O/c1-10-2-7-13(8-10)16-17-14(18)9-11-3-5-12(15)6-4-11/h3-6,8H,2,7,9H2,1H3,(H,17,18)/b16-13-. The fraction of sp³-hybridized carbons (Fsp3) is 0.286. The van der Waals surface area contributed by atoms with Crippen LogP contribution in [0.3, 0.4) is 0 Å². The van der Waals surface area contributed by atoms with Crippen LogP contribution in [-0.4, -0.2) is 11.6 Å². The van der Waals surface area contributed by atoms with Crippen LogP contribution in [0.25, 0.3) is 0 Å². The fourth-order valence-corrected chi connectivity index (χ4v) is 1.80. The van der Waals surface area contributed by atoms with Crippen molar-refractivity contribution in [2.24, 2.45) is 5.10 Å². The van der Waals surface area contributed by atoms with E-state index >= 15 is 0 Å². The van der Waals surface area contributed by atoms with Crippen LogP contribution in [0.15, 0.2) is 41.0 Å². The predicted molar refractivity (Wildman–Crippen MR) is 68.7 cm³/mol. The van der Waals surface area contributed by atoms with Gasteiger partial charge in [0.2, 0.25) is 5.91 Å². The average Bonchev–Trinajstić information content (AvgIpc) is 2.76. The predicted octanol–water partition coefficient (Wildman–Crippen LogP) is 2.58. The molecule has 1 aliphatic carbocycles. The fourth-order valence-electron chi connectivity index (χ4n) is 1.80. The van der Waals surface area contributed by atoms with E-state index in [0.29, 0.717) is 0 Å². The minimum Gasteiger partial charge on any atom is -0.273 e. The molecule has 3 nitrogen and oxygen atoms in total. The van der Waals surface area contributed by atoms with Gasteiger partial charge in [0.15, 0.2) is 0 Å². The maximum absolute atomic E-state index is 12.7. The molecule has 1 aromatic carbocycles. The summed E-state index contributed by atoms with van der Waals surface area (Å²) in [6.45, 7) is 2.04. The van der Waals surface area contributed by atoms with Crippen molar-refractivity contribution in [3.63, 3.8) is 0 Å². The third kappa shape index (κ3) is 3.52. The Bertz CT molecular complexity index is 503. The molecule has 0 saturated heterocycles. The average molecular weight is 246 g/mol. The highest BCUT2D eigenvalue weighted by atomic mass is 19.1. The molecule has 1 aromatic rings. The number of halogens is 1. The number of carbonyl (C=O) groups excluding carboxylic acids is 1. The molecule has 1 amide bonds. The molecule has 0 bridgehead atoms. The molecular formula is C14H15FN2O. The second-order valence-electron chi connectivity index (χ2n) is 4.43. The lowest BCUT2D eigenvalue weighted by Gasteiger charge is -2.01. The van der Waals surface area contributed by atoms with E-state index in [9.17, 15) is 9.18 Å². The van der Waals surface area contributed by atoms with Crippen molar-refractivity contribution < 1.29 is 9.18 Å². The molecule has 94 valence electrons. The zero-order valence-electron chi connectivity index (χ0n) is 10.2. The number of benzene rings is 1. The van der Waals surface area contributed by atoms with E-state index in [1.165, 1.54) is 17.7 Å². The third-order valence-electron chi connectivity index (χ3n) is 2.79. The Morgan fingerprint density at radius 1 is 1.33 bits per heavy atom. The van der Waals surface area contributed by atoms with Crippen molar-refractivity contribution in [2.75, 3.05) is 0 Å². The summed E-state index contributed by atoms with van der Waals surface area (Å²) < 4.78 is 12.7. The molecule has 0 unspecified atom stereocenters. The monoisotopic (exact) mass is 246 g/mol. The Hall–Kier alpha value is -1.97. The number of rotatable bonds is 3. The molecule has 0 radical (unpaired) electrons. The number of amides is 1. The van der Waals surface area contributed by atoms with Gasteiger partial charge < -0.3 is 0 Å². The zero-order chi connectivity index (χ0) is 13.0. The lowest BCUT2D eigenvalue weighted by Crippen LogP contribution is -2.20. The van der Waals surface area contributed by atoms with Gasteiger partial charge in [0.05, 0.1) is 12.1 Å². The Morgan fingerprint density at radius 3 is 2.67 bits per heavy atom. The molecule has 0 heterocycles. The smallest absolute Gasteiger partial charge is 0.244 e. The van der Waals surface area contributed by atoms with Crippen LogP contribution in [0.5, 0.6) is 0 Å². The van der Waals surface area contributed by atoms with E-state index in [2.05, 4.69) is 10.5 Å². The summed E-state index contributed by atoms with van der Waals surface area (Å²) in [7, 11) is 0. The Morgan fingerprint density at radius 2 is 2.06 bits per heavy atom. The van der Waals surface area contributed by atoms with E-state index in [1.807, 2.05) is 13.0 Å². The summed E-state index contributed by atoms with van der Waals surface area (Å²) in [6.07, 6.45) is 4.08. The van der Waals surface area contributed by atoms with Gasteiger partial charge in [-0.05, 0) is 43.5 Å². The number of hydrazone groups is 1. The molecule has 18 heavy (non-hydrogen) atoms. The van der Waals surface area contributed by atoms with Crippen LogP contribution in [0, 0.1) is 5.82 Å². The third-order valence-corrected chi connectivity index (χ3v) is 2.79. The summed E-state index contributed by atoms with van der Waals surface area (Å²) in [5.41, 5.74) is 5.47. The summed E-state index contributed by atoms with van der Waals surface area (Å²) in [4.78, 5) is 11.6. The lowest BCUT2D eigenvalue weighted by molar-refractivity contribution is -0.120. The summed E-state index contributed by atoms with van der Waals surface area (Å²) in [5.74, 6) is -0.488.